The van der Waals surface area contributed by atoms with Crippen LogP contribution in [0.15, 0.2) is 84.9 Å². The molecule has 188 valence electrons. The number of amides is 2. The Balaban J connectivity index is 1.29. The van der Waals surface area contributed by atoms with Crippen LogP contribution in [0.3, 0.4) is 0 Å². The Morgan fingerprint density at radius 1 is 0.568 bits per heavy atom. The topological polar surface area (TPSA) is 76.7 Å². The number of carbonyl (C=O) groups excluding carboxylic acids is 2. The summed E-state index contributed by atoms with van der Waals surface area (Å²) in [7, 11) is 0. The van der Waals surface area contributed by atoms with Gasteiger partial charge >= 0.3 is 12.2 Å². The Morgan fingerprint density at radius 3 is 1.32 bits per heavy atom. The molecule has 4 aromatic carbocycles. The fourth-order valence-electron chi connectivity index (χ4n) is 3.80. The number of hydrogen-bond acceptors (Lipinski definition) is 4. The molecule has 2 N–H and O–H groups in total. The summed E-state index contributed by atoms with van der Waals surface area (Å²) in [6.07, 6.45) is -0.346. The van der Waals surface area contributed by atoms with Crippen molar-refractivity contribution in [2.24, 2.45) is 0 Å². The van der Waals surface area contributed by atoms with Crippen LogP contribution in [-0.4, -0.2) is 12.2 Å². The molecule has 0 aliphatic carbocycles. The van der Waals surface area contributed by atoms with Gasteiger partial charge in [0.25, 0.3) is 0 Å². The summed E-state index contributed by atoms with van der Waals surface area (Å²) >= 11 is 0. The molecule has 0 saturated heterocycles. The van der Waals surface area contributed by atoms with Crippen LogP contribution in [0.25, 0.3) is 0 Å². The molecular weight excluding hydrogens is 464 g/mol. The fourth-order valence-corrected chi connectivity index (χ4v) is 3.80. The highest BCUT2D eigenvalue weighted by molar-refractivity contribution is 5.87. The van der Waals surface area contributed by atoms with Crippen molar-refractivity contribution in [3.8, 4) is 11.5 Å². The fraction of sp³-hybridized carbons (Fsp3) is 0.161. The van der Waals surface area contributed by atoms with Gasteiger partial charge in [0.2, 0.25) is 0 Å². The molecule has 0 bridgehead atoms. The Morgan fingerprint density at radius 2 is 0.946 bits per heavy atom. The van der Waals surface area contributed by atoms with E-state index < -0.39 is 12.2 Å². The molecule has 37 heavy (non-hydrogen) atoms. The van der Waals surface area contributed by atoms with Crippen molar-refractivity contribution in [3.05, 3.63) is 118 Å². The Hall–Kier alpha value is -4.58. The number of nitrogens with one attached hydrogen (secondary N) is 2. The van der Waals surface area contributed by atoms with E-state index in [4.69, 9.17) is 9.47 Å². The second-order valence-corrected chi connectivity index (χ2v) is 9.00. The summed E-state index contributed by atoms with van der Waals surface area (Å²) in [5.41, 5.74) is 7.49. The molecule has 0 saturated carbocycles. The van der Waals surface area contributed by atoms with E-state index in [-0.39, 0.29) is 0 Å². The molecule has 2 amide bonds. The third-order valence-electron chi connectivity index (χ3n) is 6.32. The van der Waals surface area contributed by atoms with Crippen LogP contribution < -0.4 is 20.1 Å². The van der Waals surface area contributed by atoms with Crippen molar-refractivity contribution < 1.29 is 19.1 Å². The zero-order valence-electron chi connectivity index (χ0n) is 21.4. The van der Waals surface area contributed by atoms with Gasteiger partial charge in [-0.3, -0.25) is 10.6 Å². The number of aryl methyl sites for hydroxylation is 2. The maximum Gasteiger partial charge on any atom is 0.417 e. The first kappa shape index (κ1) is 25.5. The van der Waals surface area contributed by atoms with Gasteiger partial charge in [-0.05, 0) is 104 Å². The first-order valence-electron chi connectivity index (χ1n) is 12.1. The minimum Gasteiger partial charge on any atom is -0.410 e. The van der Waals surface area contributed by atoms with Gasteiger partial charge in [0.1, 0.15) is 11.5 Å². The molecule has 4 aromatic rings. The zero-order chi connectivity index (χ0) is 26.4. The molecule has 0 aliphatic heterocycles. The second-order valence-electron chi connectivity index (χ2n) is 9.00. The highest BCUT2D eigenvalue weighted by Gasteiger charge is 2.10. The number of ether oxygens (including phenoxy) is 2. The number of benzene rings is 4. The number of hydrogen-bond donors (Lipinski definition) is 2. The molecule has 0 spiro atoms. The minimum absolute atomic E-state index is 0.527. The van der Waals surface area contributed by atoms with Crippen molar-refractivity contribution in [1.29, 1.82) is 0 Å². The van der Waals surface area contributed by atoms with Gasteiger partial charge in [-0.25, -0.2) is 9.59 Å². The summed E-state index contributed by atoms with van der Waals surface area (Å²) in [6, 6.07) is 26.5. The van der Waals surface area contributed by atoms with Crippen LogP contribution in [0.4, 0.5) is 21.0 Å². The molecule has 0 aromatic heterocycles. The highest BCUT2D eigenvalue weighted by Crippen LogP contribution is 2.23. The first-order chi connectivity index (χ1) is 17.8. The molecule has 6 nitrogen and oxygen atoms in total. The normalized spacial score (nSPS) is 10.5. The number of anilines is 2. The minimum atomic E-state index is -0.527. The number of rotatable bonds is 6. The van der Waals surface area contributed by atoms with Crippen molar-refractivity contribution in [2.75, 3.05) is 10.6 Å². The monoisotopic (exact) mass is 494 g/mol. The largest absolute Gasteiger partial charge is 0.417 e. The lowest BCUT2D eigenvalue weighted by Crippen LogP contribution is -2.17. The van der Waals surface area contributed by atoms with Crippen molar-refractivity contribution >= 4 is 23.6 Å². The molecule has 0 heterocycles. The molecule has 0 radical (unpaired) electrons. The van der Waals surface area contributed by atoms with E-state index in [1.54, 1.807) is 12.1 Å². The summed E-state index contributed by atoms with van der Waals surface area (Å²) in [6.45, 7) is 7.80. The summed E-state index contributed by atoms with van der Waals surface area (Å²) < 4.78 is 10.9. The Labute approximate surface area is 217 Å². The van der Waals surface area contributed by atoms with E-state index in [1.807, 2.05) is 100 Å². The van der Waals surface area contributed by atoms with Crippen LogP contribution in [0, 0.1) is 27.7 Å². The van der Waals surface area contributed by atoms with E-state index >= 15 is 0 Å². The lowest BCUT2D eigenvalue weighted by molar-refractivity contribution is 0.214. The lowest BCUT2D eigenvalue weighted by Gasteiger charge is -2.11. The van der Waals surface area contributed by atoms with E-state index in [2.05, 4.69) is 10.6 Å². The van der Waals surface area contributed by atoms with Crippen LogP contribution in [-0.2, 0) is 6.42 Å². The molecule has 4 rings (SSSR count). The molecule has 0 fully saturated rings. The van der Waals surface area contributed by atoms with Gasteiger partial charge in [-0.1, -0.05) is 48.5 Å². The maximum atomic E-state index is 12.3. The standard InChI is InChI=1S/C31H30N2O4/c1-20-7-5-9-28(22(20)3)36-30(34)32-26-15-11-24(12-16-26)19-25-13-17-27(18-14-25)33-31(35)37-29-10-6-8-21(2)23(29)4/h5-18H,19H2,1-4H3,(H,32,34)(H,33,35). The van der Waals surface area contributed by atoms with Gasteiger partial charge in [0.05, 0.1) is 0 Å². The van der Waals surface area contributed by atoms with Crippen LogP contribution in [0.1, 0.15) is 33.4 Å². The summed E-state index contributed by atoms with van der Waals surface area (Å²) in [5.74, 6) is 1.09. The van der Waals surface area contributed by atoms with Gasteiger partial charge < -0.3 is 9.47 Å². The number of carbonyl (C=O) groups is 2. The maximum absolute atomic E-state index is 12.3. The quantitative estimate of drug-likeness (QED) is 0.287. The highest BCUT2D eigenvalue weighted by atomic mass is 16.6. The average Bonchev–Trinajstić information content (AvgIpc) is 2.87. The zero-order valence-corrected chi connectivity index (χ0v) is 21.4. The summed E-state index contributed by atoms with van der Waals surface area (Å²) in [5, 5.41) is 5.53. The SMILES string of the molecule is Cc1cccc(OC(=O)Nc2ccc(Cc3ccc(NC(=O)Oc4cccc(C)c4C)cc3)cc2)c1C. The predicted molar refractivity (Wildman–Crippen MR) is 147 cm³/mol. The smallest absolute Gasteiger partial charge is 0.410 e. The van der Waals surface area contributed by atoms with E-state index in [9.17, 15) is 9.59 Å². The molecule has 6 heteroatoms. The summed E-state index contributed by atoms with van der Waals surface area (Å²) in [4.78, 5) is 24.6. The van der Waals surface area contributed by atoms with Crippen LogP contribution >= 0.6 is 0 Å². The van der Waals surface area contributed by atoms with Crippen molar-refractivity contribution in [1.82, 2.24) is 0 Å². The van der Waals surface area contributed by atoms with Crippen molar-refractivity contribution in [2.45, 2.75) is 34.1 Å². The van der Waals surface area contributed by atoms with Crippen molar-refractivity contribution in [3.63, 3.8) is 0 Å². The van der Waals surface area contributed by atoms with Crippen LogP contribution in [0.5, 0.6) is 11.5 Å². The predicted octanol–water partition coefficient (Wildman–Crippen LogP) is 7.73. The third-order valence-corrected chi connectivity index (χ3v) is 6.32. The van der Waals surface area contributed by atoms with E-state index in [0.29, 0.717) is 29.3 Å². The second kappa shape index (κ2) is 11.4. The molecule has 0 aliphatic rings. The molecular formula is C31H30N2O4. The Kier molecular flexibility index (Phi) is 7.89. The van der Waals surface area contributed by atoms with Gasteiger partial charge in [-0.15, -0.1) is 0 Å². The lowest BCUT2D eigenvalue weighted by atomic mass is 10.0. The average molecular weight is 495 g/mol. The molecule has 0 atom stereocenters. The van der Waals surface area contributed by atoms with E-state index in [1.165, 1.54) is 0 Å². The van der Waals surface area contributed by atoms with E-state index in [0.717, 1.165) is 33.4 Å². The van der Waals surface area contributed by atoms with Gasteiger partial charge in [0, 0.05) is 11.4 Å². The third kappa shape index (κ3) is 6.76. The first-order valence-corrected chi connectivity index (χ1v) is 12.1. The Bertz CT molecular complexity index is 1300. The van der Waals surface area contributed by atoms with Gasteiger partial charge in [0.15, 0.2) is 0 Å². The van der Waals surface area contributed by atoms with Gasteiger partial charge in [-0.2, -0.15) is 0 Å². The van der Waals surface area contributed by atoms with Crippen LogP contribution in [0.2, 0.25) is 0 Å². The molecule has 0 unspecified atom stereocenters.